The lowest BCUT2D eigenvalue weighted by atomic mass is 9.91. The van der Waals surface area contributed by atoms with Gasteiger partial charge in [-0.05, 0) is 25.3 Å². The number of nitrogens with two attached hydrogens (primary N) is 2. The molecule has 2 atom stereocenters. The normalized spacial score (nSPS) is 30.8. The Morgan fingerprint density at radius 3 is 2.85 bits per heavy atom. The Hall–Kier alpha value is -1.08. The third-order valence-electron chi connectivity index (χ3n) is 4.45. The SMILES string of the molecule is NC1CCC(N)(c2ncnc3sc(C4COC4)cc23)C1. The largest absolute Gasteiger partial charge is 0.380 e. The van der Waals surface area contributed by atoms with Crippen molar-refractivity contribution in [2.45, 2.75) is 36.8 Å². The first-order valence-corrected chi connectivity index (χ1v) is 7.84. The topological polar surface area (TPSA) is 87.1 Å². The first kappa shape index (κ1) is 12.6. The summed E-state index contributed by atoms with van der Waals surface area (Å²) in [7, 11) is 0. The van der Waals surface area contributed by atoms with Crippen molar-refractivity contribution in [2.75, 3.05) is 13.2 Å². The Labute approximate surface area is 121 Å². The molecule has 2 fully saturated rings. The molecular formula is C14H18N4OS. The number of aromatic nitrogens is 2. The van der Waals surface area contributed by atoms with E-state index in [0.717, 1.165) is 48.4 Å². The zero-order valence-corrected chi connectivity index (χ0v) is 12.0. The monoisotopic (exact) mass is 290 g/mol. The molecule has 1 aliphatic heterocycles. The molecule has 5 nitrogen and oxygen atoms in total. The first-order valence-electron chi connectivity index (χ1n) is 7.03. The number of rotatable bonds is 2. The molecule has 2 aromatic heterocycles. The van der Waals surface area contributed by atoms with E-state index in [1.165, 1.54) is 4.88 Å². The van der Waals surface area contributed by atoms with Gasteiger partial charge in [0.2, 0.25) is 0 Å². The Bertz CT molecular complexity index is 654. The molecule has 0 amide bonds. The van der Waals surface area contributed by atoms with Crippen LogP contribution < -0.4 is 11.5 Å². The predicted molar refractivity (Wildman–Crippen MR) is 78.7 cm³/mol. The molecule has 0 radical (unpaired) electrons. The van der Waals surface area contributed by atoms with Crippen molar-refractivity contribution in [3.05, 3.63) is 23.0 Å². The lowest BCUT2D eigenvalue weighted by molar-refractivity contribution is 0.00990. The third kappa shape index (κ3) is 1.87. The van der Waals surface area contributed by atoms with Gasteiger partial charge in [0.25, 0.3) is 0 Å². The Kier molecular flexibility index (Phi) is 2.82. The second kappa shape index (κ2) is 4.46. The molecule has 1 aliphatic carbocycles. The summed E-state index contributed by atoms with van der Waals surface area (Å²) in [5.41, 5.74) is 13.2. The van der Waals surface area contributed by atoms with Gasteiger partial charge in [-0.1, -0.05) is 0 Å². The lowest BCUT2D eigenvalue weighted by Crippen LogP contribution is -2.36. The number of hydrogen-bond acceptors (Lipinski definition) is 6. The number of thiophene rings is 1. The summed E-state index contributed by atoms with van der Waals surface area (Å²) in [4.78, 5) is 11.3. The van der Waals surface area contributed by atoms with E-state index in [9.17, 15) is 0 Å². The molecule has 3 heterocycles. The van der Waals surface area contributed by atoms with Gasteiger partial charge in [-0.25, -0.2) is 9.97 Å². The van der Waals surface area contributed by atoms with Crippen molar-refractivity contribution < 1.29 is 4.74 Å². The van der Waals surface area contributed by atoms with Gasteiger partial charge in [-0.15, -0.1) is 11.3 Å². The van der Waals surface area contributed by atoms with Crippen LogP contribution in [0.4, 0.5) is 0 Å². The molecule has 20 heavy (non-hydrogen) atoms. The Morgan fingerprint density at radius 2 is 2.20 bits per heavy atom. The van der Waals surface area contributed by atoms with Gasteiger partial charge in [0, 0.05) is 22.2 Å². The van der Waals surface area contributed by atoms with Crippen LogP contribution >= 0.6 is 11.3 Å². The summed E-state index contributed by atoms with van der Waals surface area (Å²) in [5.74, 6) is 0.515. The molecule has 0 spiro atoms. The van der Waals surface area contributed by atoms with Gasteiger partial charge in [0.05, 0.1) is 24.4 Å². The quantitative estimate of drug-likeness (QED) is 0.874. The van der Waals surface area contributed by atoms with Gasteiger partial charge >= 0.3 is 0 Å². The molecule has 6 heteroatoms. The fraction of sp³-hybridized carbons (Fsp3) is 0.571. The molecule has 2 unspecified atom stereocenters. The van der Waals surface area contributed by atoms with Crippen LogP contribution in [0.2, 0.25) is 0 Å². The zero-order valence-electron chi connectivity index (χ0n) is 11.2. The Morgan fingerprint density at radius 1 is 1.35 bits per heavy atom. The van der Waals surface area contributed by atoms with Crippen LogP contribution in [0.3, 0.4) is 0 Å². The highest BCUT2D eigenvalue weighted by molar-refractivity contribution is 7.18. The van der Waals surface area contributed by atoms with Crippen LogP contribution in [0.1, 0.15) is 35.8 Å². The Balaban J connectivity index is 1.81. The molecule has 4 rings (SSSR count). The second-order valence-electron chi connectivity index (χ2n) is 5.98. The number of hydrogen-bond donors (Lipinski definition) is 2. The van der Waals surface area contributed by atoms with Crippen LogP contribution in [-0.2, 0) is 10.3 Å². The van der Waals surface area contributed by atoms with E-state index in [1.807, 2.05) is 0 Å². The minimum Gasteiger partial charge on any atom is -0.380 e. The van der Waals surface area contributed by atoms with Crippen molar-refractivity contribution in [1.29, 1.82) is 0 Å². The average molecular weight is 290 g/mol. The summed E-state index contributed by atoms with van der Waals surface area (Å²) < 4.78 is 5.28. The molecule has 2 aromatic rings. The molecule has 1 saturated carbocycles. The number of ether oxygens (including phenoxy) is 1. The smallest absolute Gasteiger partial charge is 0.127 e. The molecule has 1 saturated heterocycles. The molecule has 106 valence electrons. The van der Waals surface area contributed by atoms with Crippen LogP contribution in [0.15, 0.2) is 12.4 Å². The maximum atomic E-state index is 6.58. The summed E-state index contributed by atoms with van der Waals surface area (Å²) in [6.07, 6.45) is 4.30. The standard InChI is InChI=1S/C14H18N4OS/c15-9-1-2-14(16,4-9)12-10-3-11(8-5-19-6-8)20-13(10)18-7-17-12/h3,7-9H,1-2,4-6,15-16H2. The van der Waals surface area contributed by atoms with Gasteiger partial charge < -0.3 is 16.2 Å². The van der Waals surface area contributed by atoms with E-state index in [2.05, 4.69) is 16.0 Å². The highest BCUT2D eigenvalue weighted by Crippen LogP contribution is 2.41. The van der Waals surface area contributed by atoms with Crippen LogP contribution in [0.25, 0.3) is 10.2 Å². The van der Waals surface area contributed by atoms with E-state index < -0.39 is 5.54 Å². The van der Waals surface area contributed by atoms with E-state index in [1.54, 1.807) is 17.7 Å². The van der Waals surface area contributed by atoms with Crippen molar-refractivity contribution in [3.8, 4) is 0 Å². The van der Waals surface area contributed by atoms with Crippen LogP contribution in [0.5, 0.6) is 0 Å². The molecule has 4 N–H and O–H groups in total. The second-order valence-corrected chi connectivity index (χ2v) is 7.05. The van der Waals surface area contributed by atoms with Crippen molar-refractivity contribution in [2.24, 2.45) is 11.5 Å². The van der Waals surface area contributed by atoms with Crippen molar-refractivity contribution in [1.82, 2.24) is 9.97 Å². The predicted octanol–water partition coefficient (Wildman–Crippen LogP) is 1.47. The minimum absolute atomic E-state index is 0.183. The summed E-state index contributed by atoms with van der Waals surface area (Å²) >= 11 is 1.74. The minimum atomic E-state index is -0.394. The van der Waals surface area contributed by atoms with Crippen molar-refractivity contribution in [3.63, 3.8) is 0 Å². The maximum absolute atomic E-state index is 6.58. The summed E-state index contributed by atoms with van der Waals surface area (Å²) in [6.45, 7) is 1.63. The number of nitrogens with zero attached hydrogens (tertiary/aromatic N) is 2. The summed E-state index contributed by atoms with van der Waals surface area (Å²) in [5, 5.41) is 1.11. The van der Waals surface area contributed by atoms with E-state index in [0.29, 0.717) is 5.92 Å². The van der Waals surface area contributed by atoms with E-state index in [4.69, 9.17) is 16.2 Å². The zero-order chi connectivity index (χ0) is 13.7. The lowest BCUT2D eigenvalue weighted by Gasteiger charge is -2.24. The third-order valence-corrected chi connectivity index (χ3v) is 5.65. The summed E-state index contributed by atoms with van der Waals surface area (Å²) in [6, 6.07) is 2.39. The highest BCUT2D eigenvalue weighted by atomic mass is 32.1. The average Bonchev–Trinajstić information content (AvgIpc) is 2.90. The fourth-order valence-corrected chi connectivity index (χ4v) is 4.27. The van der Waals surface area contributed by atoms with Gasteiger partial charge in [-0.3, -0.25) is 0 Å². The molecule has 0 bridgehead atoms. The van der Waals surface area contributed by atoms with E-state index in [-0.39, 0.29) is 6.04 Å². The van der Waals surface area contributed by atoms with E-state index >= 15 is 0 Å². The molecular weight excluding hydrogens is 272 g/mol. The van der Waals surface area contributed by atoms with Gasteiger partial charge in [0.1, 0.15) is 11.2 Å². The highest BCUT2D eigenvalue weighted by Gasteiger charge is 2.38. The van der Waals surface area contributed by atoms with Gasteiger partial charge in [-0.2, -0.15) is 0 Å². The first-order chi connectivity index (χ1) is 9.66. The van der Waals surface area contributed by atoms with Crippen molar-refractivity contribution >= 4 is 21.6 Å². The maximum Gasteiger partial charge on any atom is 0.127 e. The fourth-order valence-electron chi connectivity index (χ4n) is 3.20. The van der Waals surface area contributed by atoms with Crippen LogP contribution in [0, 0.1) is 0 Å². The number of fused-ring (bicyclic) bond motifs is 1. The van der Waals surface area contributed by atoms with Gasteiger partial charge in [0.15, 0.2) is 0 Å². The van der Waals surface area contributed by atoms with Crippen LogP contribution in [-0.4, -0.2) is 29.2 Å². The molecule has 2 aliphatic rings. The molecule has 0 aromatic carbocycles.